The molecule has 4 rings (SSSR count). The van der Waals surface area contributed by atoms with Gasteiger partial charge in [-0.25, -0.2) is 0 Å². The molecule has 3 aliphatic heterocycles. The second-order valence-corrected chi connectivity index (χ2v) is 21.6. The standard InChI is InChI=1S/C53H91N9O15/c1-6-29(2)25-30(3)13-11-9-7-8-10-12-14-37(66)35-27-40(69)47(56-23-21-54)60-51(75)44-39(68)20-24-61(44)53(77)42(38(67)19-22-55-5)58-50(74)43(46(71)45(70)32-15-17-33(64)18-16-32)59-49(73)36-26-34(65)28-62(36)52(76)41(31(4)63)57-48(35)72/h15-18,29-31,34-36,38-47,49,55-56,59,63-65,67-71,73H,6-14,19-28,54H2,1-5H3,(H,57,72)(H,58,74)(H,60,75)/t29?,30?,31?,34?,35-,36?,38?,39?,40?,41?,42?,43?,44?,45?,46?,47?,49?/m1/s1. The minimum atomic E-state index is -2.20. The zero-order valence-electron chi connectivity index (χ0n) is 45.5. The minimum Gasteiger partial charge on any atom is -0.508 e. The van der Waals surface area contributed by atoms with Crippen molar-refractivity contribution >= 4 is 35.3 Å². The maximum absolute atomic E-state index is 14.7. The highest BCUT2D eigenvalue weighted by Gasteiger charge is 2.49. The Hall–Kier alpha value is -4.44. The molecule has 3 saturated heterocycles. The lowest BCUT2D eigenvalue weighted by atomic mass is 9.90. The van der Waals surface area contributed by atoms with Crippen molar-refractivity contribution in [1.29, 1.82) is 0 Å². The van der Waals surface area contributed by atoms with E-state index in [0.717, 1.165) is 48.3 Å². The first-order valence-electron chi connectivity index (χ1n) is 27.7. The van der Waals surface area contributed by atoms with Crippen molar-refractivity contribution in [2.75, 3.05) is 39.8 Å². The zero-order chi connectivity index (χ0) is 57.1. The molecule has 17 N–H and O–H groups in total. The molecule has 0 saturated carbocycles. The number of phenols is 1. The minimum absolute atomic E-state index is 0.0167. The number of rotatable bonds is 24. The number of aliphatic hydroxyl groups is 8. The van der Waals surface area contributed by atoms with E-state index in [1.54, 1.807) is 7.05 Å². The van der Waals surface area contributed by atoms with E-state index in [4.69, 9.17) is 5.73 Å². The van der Waals surface area contributed by atoms with Crippen LogP contribution in [-0.2, 0) is 28.8 Å². The second-order valence-electron chi connectivity index (χ2n) is 21.6. The molecule has 16 unspecified atom stereocenters. The first-order chi connectivity index (χ1) is 36.5. The third-order valence-corrected chi connectivity index (χ3v) is 15.3. The van der Waals surface area contributed by atoms with Crippen molar-refractivity contribution in [1.82, 2.24) is 41.7 Å². The van der Waals surface area contributed by atoms with Gasteiger partial charge in [0.1, 0.15) is 60.3 Å². The average Bonchev–Trinajstić information content (AvgIpc) is 4.00. The van der Waals surface area contributed by atoms with Crippen LogP contribution in [0.25, 0.3) is 0 Å². The van der Waals surface area contributed by atoms with Crippen LogP contribution < -0.4 is 37.6 Å². The van der Waals surface area contributed by atoms with Gasteiger partial charge in [-0.05, 0) is 88.6 Å². The number of nitrogens with one attached hydrogen (secondary N) is 6. The van der Waals surface area contributed by atoms with Crippen LogP contribution in [-0.4, -0.2) is 210 Å². The summed E-state index contributed by atoms with van der Waals surface area (Å²) in [5.74, 6) is -6.68. The molecule has 24 nitrogen and oxygen atoms in total. The lowest BCUT2D eigenvalue weighted by molar-refractivity contribution is -0.148. The number of ketones is 1. The van der Waals surface area contributed by atoms with E-state index >= 15 is 0 Å². The van der Waals surface area contributed by atoms with E-state index < -0.39 is 140 Å². The number of benzene rings is 1. The Balaban J connectivity index is 1.76. The van der Waals surface area contributed by atoms with Gasteiger partial charge in [0.25, 0.3) is 0 Å². The molecule has 0 bridgehead atoms. The monoisotopic (exact) mass is 1090 g/mol. The van der Waals surface area contributed by atoms with Gasteiger partial charge < -0.3 is 82.8 Å². The number of carbonyl (C=O) groups excluding carboxylic acids is 6. The lowest BCUT2D eigenvalue weighted by Gasteiger charge is -2.37. The molecule has 0 spiro atoms. The van der Waals surface area contributed by atoms with Gasteiger partial charge in [0, 0.05) is 32.6 Å². The Morgan fingerprint density at radius 2 is 1.39 bits per heavy atom. The number of phenolic OH excluding ortho intramolecular Hbond substituents is 1. The van der Waals surface area contributed by atoms with Crippen LogP contribution >= 0.6 is 0 Å². The van der Waals surface area contributed by atoms with Crippen LogP contribution in [0.2, 0.25) is 0 Å². The smallest absolute Gasteiger partial charge is 0.248 e. The number of nitrogens with two attached hydrogens (primary N) is 1. The summed E-state index contributed by atoms with van der Waals surface area (Å²) in [5, 5.41) is 118. The van der Waals surface area contributed by atoms with Crippen molar-refractivity contribution in [3.05, 3.63) is 29.8 Å². The molecule has 0 aromatic heterocycles. The molecule has 24 heteroatoms. The van der Waals surface area contributed by atoms with E-state index in [0.29, 0.717) is 24.7 Å². The highest BCUT2D eigenvalue weighted by Crippen LogP contribution is 2.28. The molecule has 1 aromatic rings. The Morgan fingerprint density at radius 1 is 0.753 bits per heavy atom. The highest BCUT2D eigenvalue weighted by atomic mass is 16.3. The van der Waals surface area contributed by atoms with Crippen LogP contribution in [0.3, 0.4) is 0 Å². The van der Waals surface area contributed by atoms with E-state index in [-0.39, 0.29) is 63.2 Å². The molecular weight excluding hydrogens is 1000 g/mol. The molecule has 0 aliphatic carbocycles. The fourth-order valence-electron chi connectivity index (χ4n) is 10.6. The lowest BCUT2D eigenvalue weighted by Crippen LogP contribution is -2.65. The number of nitrogens with zero attached hydrogens (tertiary/aromatic N) is 2. The summed E-state index contributed by atoms with van der Waals surface area (Å²) in [5.41, 5.74) is 5.79. The number of carbonyl (C=O) groups is 6. The third kappa shape index (κ3) is 18.8. The van der Waals surface area contributed by atoms with E-state index in [2.05, 4.69) is 52.7 Å². The summed E-state index contributed by atoms with van der Waals surface area (Å²) < 4.78 is 0. The Morgan fingerprint density at radius 3 is 2.03 bits per heavy atom. The number of hydrogen-bond acceptors (Lipinski definition) is 19. The van der Waals surface area contributed by atoms with E-state index in [9.17, 15) is 74.7 Å². The predicted octanol–water partition coefficient (Wildman–Crippen LogP) is -2.56. The Bertz CT molecular complexity index is 2020. The summed E-state index contributed by atoms with van der Waals surface area (Å²) in [6.45, 7) is 7.22. The van der Waals surface area contributed by atoms with Gasteiger partial charge in [0.15, 0.2) is 0 Å². The molecule has 5 amide bonds. The van der Waals surface area contributed by atoms with Crippen LogP contribution in [0.1, 0.15) is 129 Å². The predicted molar refractivity (Wildman–Crippen MR) is 283 cm³/mol. The summed E-state index contributed by atoms with van der Waals surface area (Å²) in [7, 11) is 1.56. The molecule has 3 fully saturated rings. The molecule has 17 atom stereocenters. The van der Waals surface area contributed by atoms with Crippen molar-refractivity contribution in [2.24, 2.45) is 23.5 Å². The fraction of sp³-hybridized carbons (Fsp3) is 0.774. The van der Waals surface area contributed by atoms with E-state index in [1.807, 2.05) is 0 Å². The number of Topliss-reactive ketones (excluding diaryl/α,β-unsaturated/α-hetero) is 1. The molecule has 3 aliphatic rings. The van der Waals surface area contributed by atoms with Crippen molar-refractivity contribution < 1.29 is 74.7 Å². The number of fused-ring (bicyclic) bond motifs is 2. The summed E-state index contributed by atoms with van der Waals surface area (Å²) in [6, 6.07) is -4.15. The molecule has 77 heavy (non-hydrogen) atoms. The number of unbranched alkanes of at least 4 members (excludes halogenated alkanes) is 5. The topological polar surface area (TPSA) is 389 Å². The first kappa shape index (κ1) is 65.1. The van der Waals surface area contributed by atoms with Gasteiger partial charge in [-0.1, -0.05) is 77.8 Å². The van der Waals surface area contributed by atoms with Gasteiger partial charge in [0.05, 0.1) is 42.5 Å². The summed E-state index contributed by atoms with van der Waals surface area (Å²) in [4.78, 5) is 88.8. The highest BCUT2D eigenvalue weighted by molar-refractivity contribution is 6.03. The van der Waals surface area contributed by atoms with Crippen LogP contribution in [0.5, 0.6) is 5.75 Å². The molecule has 438 valence electrons. The third-order valence-electron chi connectivity index (χ3n) is 15.3. The van der Waals surface area contributed by atoms with Crippen molar-refractivity contribution in [2.45, 2.75) is 203 Å². The molecule has 0 radical (unpaired) electrons. The average molecular weight is 1090 g/mol. The number of aliphatic hydroxyl groups excluding tert-OH is 8. The first-order valence-corrected chi connectivity index (χ1v) is 27.7. The number of amides is 5. The van der Waals surface area contributed by atoms with Crippen LogP contribution in [0.15, 0.2) is 24.3 Å². The molecule has 3 heterocycles. The SMILES string of the molecule is CCC(C)CC(C)CCCCCCCCC(=O)[C@H]1CC(O)C(NCCN)NC(=O)C2C(O)CCN2C(=O)C(C(O)CCNC)NC(=O)C(C(O)C(O)c2ccc(O)cc2)NC(O)C2CC(O)CN2C(=O)C(C(C)O)NC1=O. The zero-order valence-corrected chi connectivity index (χ0v) is 45.5. The quantitative estimate of drug-likeness (QED) is 0.0374. The Labute approximate surface area is 452 Å². The van der Waals surface area contributed by atoms with Crippen LogP contribution in [0, 0.1) is 17.8 Å². The van der Waals surface area contributed by atoms with Gasteiger partial charge in [0.2, 0.25) is 29.5 Å². The normalized spacial score (nSPS) is 29.7. The number of hydrogen-bond donors (Lipinski definition) is 16. The van der Waals surface area contributed by atoms with E-state index in [1.165, 1.54) is 37.6 Å². The van der Waals surface area contributed by atoms with Gasteiger partial charge in [-0.15, -0.1) is 0 Å². The summed E-state index contributed by atoms with van der Waals surface area (Å²) in [6.07, 6.45) is -8.70. The fourth-order valence-corrected chi connectivity index (χ4v) is 10.6. The largest absolute Gasteiger partial charge is 0.508 e. The Kier molecular flexibility index (Phi) is 27.0. The van der Waals surface area contributed by atoms with Crippen molar-refractivity contribution in [3.8, 4) is 5.75 Å². The van der Waals surface area contributed by atoms with Crippen LogP contribution in [0.4, 0.5) is 0 Å². The number of aromatic hydroxyl groups is 1. The maximum Gasteiger partial charge on any atom is 0.248 e. The van der Waals surface area contributed by atoms with Crippen molar-refractivity contribution in [3.63, 3.8) is 0 Å². The summed E-state index contributed by atoms with van der Waals surface area (Å²) >= 11 is 0. The maximum atomic E-state index is 14.7. The van der Waals surface area contributed by atoms with Gasteiger partial charge >= 0.3 is 0 Å². The van der Waals surface area contributed by atoms with Gasteiger partial charge in [-0.3, -0.25) is 39.4 Å². The second kappa shape index (κ2) is 32.0. The molecule has 1 aromatic carbocycles. The molecular formula is C53H91N9O15. The van der Waals surface area contributed by atoms with Gasteiger partial charge in [-0.2, -0.15) is 0 Å².